The molecule has 0 radical (unpaired) electrons. The van der Waals surface area contributed by atoms with Crippen LogP contribution < -0.4 is 10.1 Å². The SMILES string of the molecule is C1=CC(c2ccc(OCCCCCC3CC4CCC3C4)cc2)Nc2c1ccc1cccnc21. The third kappa shape index (κ3) is 4.38. The van der Waals surface area contributed by atoms with E-state index in [-0.39, 0.29) is 6.04 Å². The van der Waals surface area contributed by atoms with E-state index in [1.807, 2.05) is 12.3 Å². The van der Waals surface area contributed by atoms with Crippen molar-refractivity contribution in [2.45, 2.75) is 57.4 Å². The maximum absolute atomic E-state index is 6.04. The van der Waals surface area contributed by atoms with Gasteiger partial charge >= 0.3 is 0 Å². The molecule has 3 nitrogen and oxygen atoms in total. The van der Waals surface area contributed by atoms with Gasteiger partial charge in [0.1, 0.15) is 5.75 Å². The van der Waals surface area contributed by atoms with Crippen LogP contribution in [0.5, 0.6) is 5.75 Å². The van der Waals surface area contributed by atoms with E-state index in [1.54, 1.807) is 0 Å². The fourth-order valence-electron chi connectivity index (χ4n) is 6.43. The molecular weight excluding hydrogens is 404 g/mol. The normalized spacial score (nSPS) is 25.2. The Bertz CT molecular complexity index is 1140. The van der Waals surface area contributed by atoms with Gasteiger partial charge in [-0.2, -0.15) is 0 Å². The van der Waals surface area contributed by atoms with E-state index in [9.17, 15) is 0 Å². The van der Waals surface area contributed by atoms with Crippen molar-refractivity contribution in [2.75, 3.05) is 11.9 Å². The molecule has 1 N–H and O–H groups in total. The number of nitrogens with one attached hydrogen (secondary N) is 1. The summed E-state index contributed by atoms with van der Waals surface area (Å²) in [6.07, 6.45) is 17.7. The molecule has 6 rings (SSSR count). The van der Waals surface area contributed by atoms with Gasteiger partial charge in [0.05, 0.1) is 23.9 Å². The number of hydrogen-bond donors (Lipinski definition) is 1. The van der Waals surface area contributed by atoms with Gasteiger partial charge in [-0.05, 0) is 72.8 Å². The van der Waals surface area contributed by atoms with Crippen molar-refractivity contribution in [3.05, 3.63) is 71.9 Å². The molecule has 3 heteroatoms. The van der Waals surface area contributed by atoms with Crippen molar-refractivity contribution >= 4 is 22.7 Å². The third-order valence-corrected chi connectivity index (χ3v) is 8.19. The second-order valence-electron chi connectivity index (χ2n) is 10.3. The number of pyridine rings is 1. The molecule has 3 aromatic rings. The van der Waals surface area contributed by atoms with Crippen LogP contribution in [-0.4, -0.2) is 11.6 Å². The third-order valence-electron chi connectivity index (χ3n) is 8.19. The zero-order valence-corrected chi connectivity index (χ0v) is 19.4. The lowest BCUT2D eigenvalue weighted by Gasteiger charge is -2.24. The van der Waals surface area contributed by atoms with Crippen LogP contribution in [0.2, 0.25) is 0 Å². The number of benzene rings is 2. The average Bonchev–Trinajstić information content (AvgIpc) is 3.50. The number of anilines is 1. The van der Waals surface area contributed by atoms with Crippen LogP contribution in [0.25, 0.3) is 17.0 Å². The zero-order chi connectivity index (χ0) is 22.0. The Kier molecular flexibility index (Phi) is 5.80. The predicted molar refractivity (Wildman–Crippen MR) is 136 cm³/mol. The number of aromatic nitrogens is 1. The van der Waals surface area contributed by atoms with Gasteiger partial charge in [0.25, 0.3) is 0 Å². The molecule has 2 aromatic carbocycles. The Morgan fingerprint density at radius 3 is 2.73 bits per heavy atom. The Morgan fingerprint density at radius 1 is 0.939 bits per heavy atom. The second-order valence-corrected chi connectivity index (χ2v) is 10.3. The summed E-state index contributed by atoms with van der Waals surface area (Å²) in [6.45, 7) is 0.822. The number of fused-ring (bicyclic) bond motifs is 5. The predicted octanol–water partition coefficient (Wildman–Crippen LogP) is 7.79. The maximum Gasteiger partial charge on any atom is 0.119 e. The number of hydrogen-bond acceptors (Lipinski definition) is 3. The molecule has 4 unspecified atom stereocenters. The molecule has 2 aliphatic carbocycles. The molecule has 2 saturated carbocycles. The topological polar surface area (TPSA) is 34.1 Å². The molecule has 2 fully saturated rings. The first-order valence-corrected chi connectivity index (χ1v) is 12.9. The fourth-order valence-corrected chi connectivity index (χ4v) is 6.43. The van der Waals surface area contributed by atoms with Gasteiger partial charge in [-0.15, -0.1) is 0 Å². The second kappa shape index (κ2) is 9.21. The van der Waals surface area contributed by atoms with Gasteiger partial charge in [-0.25, -0.2) is 0 Å². The number of nitrogens with zero attached hydrogens (tertiary/aromatic N) is 1. The number of unbranched alkanes of at least 4 members (excludes halogenated alkanes) is 2. The molecular formula is C30H34N2O. The lowest BCUT2D eigenvalue weighted by molar-refractivity contribution is 0.284. The highest BCUT2D eigenvalue weighted by molar-refractivity contribution is 5.96. The minimum absolute atomic E-state index is 0.144. The van der Waals surface area contributed by atoms with Gasteiger partial charge < -0.3 is 10.1 Å². The van der Waals surface area contributed by atoms with E-state index in [1.165, 1.54) is 56.1 Å². The molecule has 4 atom stereocenters. The van der Waals surface area contributed by atoms with Crippen molar-refractivity contribution < 1.29 is 4.74 Å². The van der Waals surface area contributed by atoms with E-state index in [2.05, 4.69) is 64.9 Å². The maximum atomic E-state index is 6.04. The highest BCUT2D eigenvalue weighted by atomic mass is 16.5. The number of ether oxygens (including phenoxy) is 1. The van der Waals surface area contributed by atoms with E-state index in [0.29, 0.717) is 0 Å². The molecule has 1 aliphatic heterocycles. The highest BCUT2D eigenvalue weighted by Crippen LogP contribution is 2.50. The molecule has 33 heavy (non-hydrogen) atoms. The summed E-state index contributed by atoms with van der Waals surface area (Å²) in [5.74, 6) is 4.16. The summed E-state index contributed by atoms with van der Waals surface area (Å²) < 4.78 is 6.04. The standard InChI is InChI=1S/C30H34N2O/c1(2-5-25-19-21-7-8-26(25)20-21)3-18-33-27-14-11-22(12-15-27)28-16-13-24-10-9-23-6-4-17-31-29(23)30(24)32-28/h4,6,9-17,21,25-26,28,32H,1-3,5,7-8,18-20H2. The van der Waals surface area contributed by atoms with Crippen LogP contribution in [0.4, 0.5) is 5.69 Å². The summed E-state index contributed by atoms with van der Waals surface area (Å²) in [5.41, 5.74) is 4.58. The Balaban J connectivity index is 0.986. The average molecular weight is 439 g/mol. The molecule has 1 aromatic heterocycles. The minimum atomic E-state index is 0.144. The smallest absolute Gasteiger partial charge is 0.119 e. The van der Waals surface area contributed by atoms with Crippen molar-refractivity contribution in [3.63, 3.8) is 0 Å². The van der Waals surface area contributed by atoms with Crippen LogP contribution in [0.3, 0.4) is 0 Å². The summed E-state index contributed by atoms with van der Waals surface area (Å²) in [4.78, 5) is 4.61. The highest BCUT2D eigenvalue weighted by Gasteiger charge is 2.38. The summed E-state index contributed by atoms with van der Waals surface area (Å²) >= 11 is 0. The van der Waals surface area contributed by atoms with Gasteiger partial charge in [0.2, 0.25) is 0 Å². The van der Waals surface area contributed by atoms with Gasteiger partial charge in [0.15, 0.2) is 0 Å². The van der Waals surface area contributed by atoms with Gasteiger partial charge in [0, 0.05) is 11.6 Å². The number of rotatable bonds is 8. The Morgan fingerprint density at radius 2 is 1.88 bits per heavy atom. The van der Waals surface area contributed by atoms with E-state index >= 15 is 0 Å². The van der Waals surface area contributed by atoms with Crippen molar-refractivity contribution in [1.29, 1.82) is 0 Å². The van der Waals surface area contributed by atoms with Crippen molar-refractivity contribution in [2.24, 2.45) is 17.8 Å². The lowest BCUT2D eigenvalue weighted by atomic mass is 9.85. The van der Waals surface area contributed by atoms with Crippen LogP contribution in [0, 0.1) is 17.8 Å². The van der Waals surface area contributed by atoms with E-state index in [0.717, 1.165) is 53.1 Å². The van der Waals surface area contributed by atoms with Crippen LogP contribution in [-0.2, 0) is 0 Å². The quantitative estimate of drug-likeness (QED) is 0.364. The monoisotopic (exact) mass is 438 g/mol. The molecule has 170 valence electrons. The van der Waals surface area contributed by atoms with Crippen LogP contribution >= 0.6 is 0 Å². The lowest BCUT2D eigenvalue weighted by Crippen LogP contribution is -2.13. The first kappa shape index (κ1) is 20.8. The molecule has 0 saturated heterocycles. The first-order chi connectivity index (χ1) is 16.3. The summed E-state index contributed by atoms with van der Waals surface area (Å²) in [6, 6.07) is 17.1. The zero-order valence-electron chi connectivity index (χ0n) is 19.4. The van der Waals surface area contributed by atoms with Gasteiger partial charge in [-0.3, -0.25) is 4.98 Å². The van der Waals surface area contributed by atoms with Crippen molar-refractivity contribution in [1.82, 2.24) is 4.98 Å². The summed E-state index contributed by atoms with van der Waals surface area (Å²) in [5, 5.41) is 4.85. The van der Waals surface area contributed by atoms with Gasteiger partial charge in [-0.1, -0.05) is 68.2 Å². The molecule has 0 spiro atoms. The molecule has 2 heterocycles. The van der Waals surface area contributed by atoms with Crippen molar-refractivity contribution in [3.8, 4) is 5.75 Å². The minimum Gasteiger partial charge on any atom is -0.494 e. The molecule has 0 amide bonds. The van der Waals surface area contributed by atoms with Crippen LogP contribution in [0.15, 0.2) is 60.8 Å². The first-order valence-electron chi connectivity index (χ1n) is 12.9. The summed E-state index contributed by atoms with van der Waals surface area (Å²) in [7, 11) is 0. The Labute approximate surface area is 197 Å². The van der Waals surface area contributed by atoms with E-state index < -0.39 is 0 Å². The largest absolute Gasteiger partial charge is 0.494 e. The van der Waals surface area contributed by atoms with Crippen LogP contribution in [0.1, 0.15) is 68.5 Å². The van der Waals surface area contributed by atoms with E-state index in [4.69, 9.17) is 4.74 Å². The molecule has 3 aliphatic rings. The Hall–Kier alpha value is -2.81. The fraction of sp³-hybridized carbons (Fsp3) is 0.433. The molecule has 2 bridgehead atoms.